The Labute approximate surface area is 87.1 Å². The van der Waals surface area contributed by atoms with E-state index in [1.165, 1.54) is 6.07 Å². The van der Waals surface area contributed by atoms with Gasteiger partial charge in [0.25, 0.3) is 0 Å². The van der Waals surface area contributed by atoms with E-state index in [4.69, 9.17) is 28.2 Å². The smallest absolute Gasteiger partial charge is 0.0811 e. The molecule has 0 fully saturated rings. The largest absolute Gasteiger partial charge is 0.397 e. The summed E-state index contributed by atoms with van der Waals surface area (Å²) in [6, 6.07) is 3.15. The van der Waals surface area contributed by atoms with Crippen LogP contribution in [0.1, 0.15) is 5.56 Å². The van der Waals surface area contributed by atoms with Crippen LogP contribution < -0.4 is 11.5 Å². The van der Waals surface area contributed by atoms with E-state index >= 15 is 0 Å². The molecule has 0 radical (unpaired) electrons. The van der Waals surface area contributed by atoms with Crippen LogP contribution in [0.25, 0.3) is 0 Å². The Morgan fingerprint density at radius 3 is 2.43 bits per heavy atom. The normalized spacial score (nSPS) is 12.8. The summed E-state index contributed by atoms with van der Waals surface area (Å²) in [7, 11) is 0. The molecule has 0 aliphatic rings. The van der Waals surface area contributed by atoms with Crippen molar-refractivity contribution in [3.63, 3.8) is 0 Å². The van der Waals surface area contributed by atoms with E-state index in [1.807, 2.05) is 0 Å². The van der Waals surface area contributed by atoms with Gasteiger partial charge in [-0.25, -0.2) is 0 Å². The first-order valence-corrected chi connectivity index (χ1v) is 4.54. The average molecular weight is 217 g/mol. The van der Waals surface area contributed by atoms with Crippen LogP contribution in [0.3, 0.4) is 0 Å². The molecule has 0 saturated carbocycles. The van der Waals surface area contributed by atoms with Crippen molar-refractivity contribution in [3.8, 4) is 0 Å². The van der Waals surface area contributed by atoms with E-state index in [-0.39, 0.29) is 13.0 Å². The number of hydrogen-bond donors (Lipinski definition) is 4. The molecule has 1 atom stereocenters. The zero-order valence-corrected chi connectivity index (χ0v) is 8.33. The van der Waals surface area contributed by atoms with E-state index < -0.39 is 6.10 Å². The Balaban J connectivity index is 2.92. The molecule has 0 aliphatic carbocycles. The molecule has 78 valence electrons. The fourth-order valence-corrected chi connectivity index (χ4v) is 1.38. The van der Waals surface area contributed by atoms with Gasteiger partial charge in [-0.1, -0.05) is 11.6 Å². The molecule has 0 bridgehead atoms. The van der Waals surface area contributed by atoms with E-state index in [9.17, 15) is 5.11 Å². The Morgan fingerprint density at radius 2 is 1.86 bits per heavy atom. The third kappa shape index (κ3) is 2.51. The summed E-state index contributed by atoms with van der Waals surface area (Å²) in [4.78, 5) is 0. The minimum atomic E-state index is -0.824. The van der Waals surface area contributed by atoms with Crippen molar-refractivity contribution < 1.29 is 10.2 Å². The molecule has 1 unspecified atom stereocenters. The van der Waals surface area contributed by atoms with Gasteiger partial charge in [-0.2, -0.15) is 0 Å². The molecular formula is C9H13ClN2O2. The summed E-state index contributed by atoms with van der Waals surface area (Å²) >= 11 is 5.87. The van der Waals surface area contributed by atoms with Gasteiger partial charge in [-0.05, 0) is 17.7 Å². The molecule has 0 aromatic heterocycles. The molecule has 1 aromatic rings. The van der Waals surface area contributed by atoms with Crippen molar-refractivity contribution in [3.05, 3.63) is 22.7 Å². The lowest BCUT2D eigenvalue weighted by molar-refractivity contribution is 0.0955. The Kier molecular flexibility index (Phi) is 3.57. The van der Waals surface area contributed by atoms with Crippen molar-refractivity contribution in [1.29, 1.82) is 0 Å². The van der Waals surface area contributed by atoms with Crippen molar-refractivity contribution in [2.24, 2.45) is 0 Å². The number of aliphatic hydroxyl groups excluding tert-OH is 2. The quantitative estimate of drug-likeness (QED) is 0.551. The lowest BCUT2D eigenvalue weighted by Crippen LogP contribution is -2.15. The fourth-order valence-electron chi connectivity index (χ4n) is 1.13. The fraction of sp³-hybridized carbons (Fsp3) is 0.333. The van der Waals surface area contributed by atoms with Gasteiger partial charge in [0.2, 0.25) is 0 Å². The highest BCUT2D eigenvalue weighted by molar-refractivity contribution is 6.31. The van der Waals surface area contributed by atoms with Crippen LogP contribution >= 0.6 is 11.6 Å². The summed E-state index contributed by atoms with van der Waals surface area (Å²) in [5.74, 6) is 0. The van der Waals surface area contributed by atoms with E-state index in [2.05, 4.69) is 0 Å². The Morgan fingerprint density at radius 1 is 1.29 bits per heavy atom. The zero-order chi connectivity index (χ0) is 10.7. The first-order valence-electron chi connectivity index (χ1n) is 4.17. The first kappa shape index (κ1) is 11.1. The van der Waals surface area contributed by atoms with Crippen LogP contribution in [0.15, 0.2) is 12.1 Å². The predicted octanol–water partition coefficient (Wildman–Crippen LogP) is 0.400. The Hall–Kier alpha value is -0.970. The first-order chi connectivity index (χ1) is 6.54. The SMILES string of the molecule is Nc1cc(Cl)c(CC(O)CO)cc1N. The molecule has 0 saturated heterocycles. The number of nitrogen functional groups attached to an aromatic ring is 2. The summed E-state index contributed by atoms with van der Waals surface area (Å²) in [5, 5.41) is 18.3. The lowest BCUT2D eigenvalue weighted by Gasteiger charge is -2.10. The molecule has 6 N–H and O–H groups in total. The number of hydrogen-bond acceptors (Lipinski definition) is 4. The molecule has 0 heterocycles. The maximum Gasteiger partial charge on any atom is 0.0811 e. The maximum atomic E-state index is 9.22. The van der Waals surface area contributed by atoms with Crippen LogP contribution in [0.4, 0.5) is 11.4 Å². The van der Waals surface area contributed by atoms with Crippen LogP contribution in [-0.2, 0) is 6.42 Å². The van der Waals surface area contributed by atoms with Gasteiger partial charge in [0.15, 0.2) is 0 Å². The molecule has 0 aliphatic heterocycles. The van der Waals surface area contributed by atoms with Crippen molar-refractivity contribution in [2.75, 3.05) is 18.1 Å². The number of anilines is 2. The lowest BCUT2D eigenvalue weighted by atomic mass is 10.1. The number of nitrogens with two attached hydrogens (primary N) is 2. The van der Waals surface area contributed by atoms with Crippen LogP contribution in [0, 0.1) is 0 Å². The second-order valence-electron chi connectivity index (χ2n) is 3.11. The van der Waals surface area contributed by atoms with Gasteiger partial charge in [0.1, 0.15) is 0 Å². The third-order valence-electron chi connectivity index (χ3n) is 1.92. The highest BCUT2D eigenvalue weighted by Gasteiger charge is 2.09. The molecular weight excluding hydrogens is 204 g/mol. The van der Waals surface area contributed by atoms with Crippen LogP contribution in [-0.4, -0.2) is 22.9 Å². The average Bonchev–Trinajstić information content (AvgIpc) is 2.14. The van der Waals surface area contributed by atoms with Crippen molar-refractivity contribution in [1.82, 2.24) is 0 Å². The van der Waals surface area contributed by atoms with Gasteiger partial charge in [0.05, 0.1) is 24.1 Å². The molecule has 5 heteroatoms. The van der Waals surface area contributed by atoms with Gasteiger partial charge >= 0.3 is 0 Å². The second kappa shape index (κ2) is 4.50. The number of benzene rings is 1. The highest BCUT2D eigenvalue weighted by atomic mass is 35.5. The molecule has 1 aromatic carbocycles. The molecule has 4 nitrogen and oxygen atoms in total. The second-order valence-corrected chi connectivity index (χ2v) is 3.52. The number of rotatable bonds is 3. The number of aliphatic hydroxyl groups is 2. The molecule has 0 amide bonds. The van der Waals surface area contributed by atoms with Crippen LogP contribution in [0.5, 0.6) is 0 Å². The standard InChI is InChI=1S/C9H13ClN2O2/c10-7-3-9(12)8(11)2-5(7)1-6(14)4-13/h2-3,6,13-14H,1,4,11-12H2. The molecule has 0 spiro atoms. The molecule has 1 rings (SSSR count). The summed E-state index contributed by atoms with van der Waals surface area (Å²) in [6.45, 7) is -0.305. The summed E-state index contributed by atoms with van der Waals surface area (Å²) < 4.78 is 0. The van der Waals surface area contributed by atoms with Crippen molar-refractivity contribution in [2.45, 2.75) is 12.5 Å². The predicted molar refractivity (Wildman–Crippen MR) is 57.1 cm³/mol. The minimum Gasteiger partial charge on any atom is -0.397 e. The van der Waals surface area contributed by atoms with Crippen LogP contribution in [0.2, 0.25) is 5.02 Å². The minimum absolute atomic E-state index is 0.264. The van der Waals surface area contributed by atoms with Crippen molar-refractivity contribution >= 4 is 23.0 Å². The topological polar surface area (TPSA) is 92.5 Å². The van der Waals surface area contributed by atoms with Gasteiger partial charge in [0, 0.05) is 11.4 Å². The molecule has 14 heavy (non-hydrogen) atoms. The van der Waals surface area contributed by atoms with Gasteiger partial charge in [-0.15, -0.1) is 0 Å². The number of halogens is 1. The maximum absolute atomic E-state index is 9.22. The van der Waals surface area contributed by atoms with Gasteiger partial charge in [-0.3, -0.25) is 0 Å². The zero-order valence-electron chi connectivity index (χ0n) is 7.57. The Bertz CT molecular complexity index is 331. The summed E-state index contributed by atoms with van der Waals surface area (Å²) in [5.41, 5.74) is 12.6. The van der Waals surface area contributed by atoms with E-state index in [0.717, 1.165) is 0 Å². The van der Waals surface area contributed by atoms with E-state index in [0.29, 0.717) is 22.0 Å². The van der Waals surface area contributed by atoms with E-state index in [1.54, 1.807) is 6.07 Å². The third-order valence-corrected chi connectivity index (χ3v) is 2.27. The monoisotopic (exact) mass is 216 g/mol. The van der Waals surface area contributed by atoms with Gasteiger partial charge < -0.3 is 21.7 Å². The summed E-state index contributed by atoms with van der Waals surface area (Å²) in [6.07, 6.45) is -0.560. The highest BCUT2D eigenvalue weighted by Crippen LogP contribution is 2.25.